The first-order valence-electron chi connectivity index (χ1n) is 9.66. The van der Waals surface area contributed by atoms with Crippen LogP contribution in [0.2, 0.25) is 0 Å². The molecule has 0 amide bonds. The van der Waals surface area contributed by atoms with Gasteiger partial charge in [0.05, 0.1) is 17.3 Å². The van der Waals surface area contributed by atoms with Crippen molar-refractivity contribution >= 4 is 10.9 Å². The van der Waals surface area contributed by atoms with Crippen molar-refractivity contribution in [1.29, 1.82) is 0 Å². The molecule has 1 fully saturated rings. The largest absolute Gasteiger partial charge is 0.393 e. The third-order valence-corrected chi connectivity index (χ3v) is 5.44. The number of nitrogens with zero attached hydrogens (tertiary/aromatic N) is 1. The molecule has 0 unspecified atom stereocenters. The van der Waals surface area contributed by atoms with Crippen LogP contribution < -0.4 is 5.32 Å². The molecule has 1 saturated carbocycles. The number of nitrogens with one attached hydrogen (secondary N) is 1. The summed E-state index contributed by atoms with van der Waals surface area (Å²) < 4.78 is 13.4. The average Bonchev–Trinajstić information content (AvgIpc) is 2.67. The number of benzene rings is 2. The summed E-state index contributed by atoms with van der Waals surface area (Å²) in [6, 6.07) is 15.4. The van der Waals surface area contributed by atoms with Gasteiger partial charge in [-0.05, 0) is 80.6 Å². The van der Waals surface area contributed by atoms with E-state index >= 15 is 0 Å². The summed E-state index contributed by atoms with van der Waals surface area (Å²) in [5.74, 6) is -0.240. The highest BCUT2D eigenvalue weighted by atomic mass is 19.1. The molecule has 1 aromatic heterocycles. The molecular formula is C23H25FN2O. The van der Waals surface area contributed by atoms with Gasteiger partial charge in [-0.25, -0.2) is 9.37 Å². The monoisotopic (exact) mass is 364 g/mol. The van der Waals surface area contributed by atoms with Gasteiger partial charge in [0, 0.05) is 23.5 Å². The van der Waals surface area contributed by atoms with Crippen LogP contribution in [0.15, 0.2) is 48.5 Å². The van der Waals surface area contributed by atoms with E-state index in [0.29, 0.717) is 12.6 Å². The lowest BCUT2D eigenvalue weighted by atomic mass is 9.93. The molecule has 3 nitrogen and oxygen atoms in total. The molecular weight excluding hydrogens is 339 g/mol. The van der Waals surface area contributed by atoms with E-state index in [1.807, 2.05) is 6.07 Å². The predicted octanol–water partition coefficient (Wildman–Crippen LogP) is 4.74. The number of aliphatic hydroxyl groups is 1. The molecule has 0 saturated heterocycles. The lowest BCUT2D eigenvalue weighted by molar-refractivity contribution is 0.116. The fraction of sp³-hybridized carbons (Fsp3) is 0.348. The fourth-order valence-corrected chi connectivity index (χ4v) is 3.87. The maximum absolute atomic E-state index is 13.4. The second-order valence-electron chi connectivity index (χ2n) is 7.59. The van der Waals surface area contributed by atoms with Crippen LogP contribution >= 0.6 is 0 Å². The van der Waals surface area contributed by atoms with E-state index in [-0.39, 0.29) is 11.9 Å². The number of aromatic nitrogens is 1. The van der Waals surface area contributed by atoms with Crippen molar-refractivity contribution in [1.82, 2.24) is 10.3 Å². The lowest BCUT2D eigenvalue weighted by Crippen LogP contribution is -2.34. The Morgan fingerprint density at radius 3 is 2.52 bits per heavy atom. The number of rotatable bonds is 4. The molecule has 4 rings (SSSR count). The van der Waals surface area contributed by atoms with Crippen LogP contribution in [-0.4, -0.2) is 22.2 Å². The van der Waals surface area contributed by atoms with Crippen molar-refractivity contribution in [3.8, 4) is 11.3 Å². The average molecular weight is 364 g/mol. The number of hydrogen-bond donors (Lipinski definition) is 2. The third-order valence-electron chi connectivity index (χ3n) is 5.44. The van der Waals surface area contributed by atoms with Gasteiger partial charge in [-0.15, -0.1) is 0 Å². The van der Waals surface area contributed by atoms with E-state index in [1.165, 1.54) is 17.7 Å². The van der Waals surface area contributed by atoms with Crippen LogP contribution in [0.3, 0.4) is 0 Å². The van der Waals surface area contributed by atoms with Crippen molar-refractivity contribution in [2.75, 3.05) is 0 Å². The maximum Gasteiger partial charge on any atom is 0.123 e. The topological polar surface area (TPSA) is 45.2 Å². The van der Waals surface area contributed by atoms with Crippen molar-refractivity contribution in [3.05, 3.63) is 65.5 Å². The second-order valence-corrected chi connectivity index (χ2v) is 7.59. The molecule has 0 bridgehead atoms. The van der Waals surface area contributed by atoms with Gasteiger partial charge < -0.3 is 10.4 Å². The molecule has 0 atom stereocenters. The number of hydrogen-bond acceptors (Lipinski definition) is 3. The van der Waals surface area contributed by atoms with Gasteiger partial charge in [0.2, 0.25) is 0 Å². The summed E-state index contributed by atoms with van der Waals surface area (Å²) in [6.45, 7) is 2.79. The molecule has 3 aromatic rings. The minimum absolute atomic E-state index is 0.150. The first kappa shape index (κ1) is 18.1. The first-order valence-corrected chi connectivity index (χ1v) is 9.66. The molecule has 4 heteroatoms. The van der Waals surface area contributed by atoms with Gasteiger partial charge in [-0.2, -0.15) is 0 Å². The maximum atomic E-state index is 13.4. The SMILES string of the molecule is Cc1ccc2nc(-c3ccc(F)cc3)c(CNC3CCC(O)CC3)cc2c1. The van der Waals surface area contributed by atoms with Crippen molar-refractivity contribution in [2.24, 2.45) is 0 Å². The Hall–Kier alpha value is -2.30. The Labute approximate surface area is 159 Å². The Kier molecular flexibility index (Phi) is 5.19. The van der Waals surface area contributed by atoms with Crippen molar-refractivity contribution < 1.29 is 9.50 Å². The number of fused-ring (bicyclic) bond motifs is 1. The molecule has 140 valence electrons. The van der Waals surface area contributed by atoms with Crippen LogP contribution in [0.5, 0.6) is 0 Å². The Balaban J connectivity index is 1.67. The first-order chi connectivity index (χ1) is 13.1. The van der Waals surface area contributed by atoms with Gasteiger partial charge in [-0.1, -0.05) is 11.6 Å². The highest BCUT2D eigenvalue weighted by Gasteiger charge is 2.19. The summed E-state index contributed by atoms with van der Waals surface area (Å²) in [7, 11) is 0. The van der Waals surface area contributed by atoms with Crippen molar-refractivity contribution in [3.63, 3.8) is 0 Å². The summed E-state index contributed by atoms with van der Waals surface area (Å²) >= 11 is 0. The summed E-state index contributed by atoms with van der Waals surface area (Å²) in [5, 5.41) is 14.5. The van der Waals surface area contributed by atoms with Gasteiger partial charge in [0.1, 0.15) is 5.82 Å². The van der Waals surface area contributed by atoms with Crippen molar-refractivity contribution in [2.45, 2.75) is 51.3 Å². The van der Waals surface area contributed by atoms with Crippen LogP contribution in [0.25, 0.3) is 22.2 Å². The smallest absolute Gasteiger partial charge is 0.123 e. The van der Waals surface area contributed by atoms with E-state index in [4.69, 9.17) is 4.98 Å². The zero-order chi connectivity index (χ0) is 18.8. The van der Waals surface area contributed by atoms with E-state index < -0.39 is 0 Å². The molecule has 27 heavy (non-hydrogen) atoms. The lowest BCUT2D eigenvalue weighted by Gasteiger charge is -2.26. The van der Waals surface area contributed by atoms with E-state index in [1.54, 1.807) is 12.1 Å². The Morgan fingerprint density at radius 2 is 1.78 bits per heavy atom. The molecule has 0 aliphatic heterocycles. The zero-order valence-corrected chi connectivity index (χ0v) is 15.6. The molecule has 1 aliphatic rings. The third kappa shape index (κ3) is 4.18. The van der Waals surface area contributed by atoms with Crippen LogP contribution in [0.4, 0.5) is 4.39 Å². The summed E-state index contributed by atoms with van der Waals surface area (Å²) in [4.78, 5) is 4.89. The zero-order valence-electron chi connectivity index (χ0n) is 15.6. The molecule has 2 N–H and O–H groups in total. The molecule has 1 heterocycles. The standard InChI is InChI=1S/C23H25FN2O/c1-15-2-11-22-17(12-15)13-18(14-25-20-7-9-21(27)10-8-20)23(26-22)16-3-5-19(24)6-4-16/h2-6,11-13,20-21,25,27H,7-10,14H2,1H3. The minimum Gasteiger partial charge on any atom is -0.393 e. The van der Waals surface area contributed by atoms with Gasteiger partial charge in [-0.3, -0.25) is 0 Å². The molecule has 1 aliphatic carbocycles. The Morgan fingerprint density at radius 1 is 1.04 bits per heavy atom. The number of aliphatic hydroxyl groups excluding tert-OH is 1. The van der Waals surface area contributed by atoms with E-state index in [0.717, 1.165) is 53.4 Å². The minimum atomic E-state index is -0.240. The fourth-order valence-electron chi connectivity index (χ4n) is 3.87. The highest BCUT2D eigenvalue weighted by molar-refractivity contribution is 5.84. The van der Waals surface area contributed by atoms with E-state index in [2.05, 4.69) is 30.4 Å². The van der Waals surface area contributed by atoms with Crippen LogP contribution in [-0.2, 0) is 6.54 Å². The van der Waals surface area contributed by atoms with Gasteiger partial charge in [0.25, 0.3) is 0 Å². The quantitative estimate of drug-likeness (QED) is 0.703. The summed E-state index contributed by atoms with van der Waals surface area (Å²) in [5.41, 5.74) is 5.10. The number of pyridine rings is 1. The molecule has 0 radical (unpaired) electrons. The normalized spacial score (nSPS) is 20.1. The highest BCUT2D eigenvalue weighted by Crippen LogP contribution is 2.27. The van der Waals surface area contributed by atoms with Gasteiger partial charge >= 0.3 is 0 Å². The summed E-state index contributed by atoms with van der Waals surface area (Å²) in [6.07, 6.45) is 3.55. The predicted molar refractivity (Wildman–Crippen MR) is 107 cm³/mol. The molecule has 0 spiro atoms. The Bertz CT molecular complexity index is 931. The van der Waals surface area contributed by atoms with Crippen LogP contribution in [0, 0.1) is 12.7 Å². The second kappa shape index (κ2) is 7.75. The number of aryl methyl sites for hydroxylation is 1. The van der Waals surface area contributed by atoms with Gasteiger partial charge in [0.15, 0.2) is 0 Å². The number of halogens is 1. The van der Waals surface area contributed by atoms with Crippen LogP contribution in [0.1, 0.15) is 36.8 Å². The molecule has 2 aromatic carbocycles. The van der Waals surface area contributed by atoms with E-state index in [9.17, 15) is 9.50 Å².